The van der Waals surface area contributed by atoms with Crippen LogP contribution in [0.2, 0.25) is 0 Å². The third kappa shape index (κ3) is 5.60. The maximum Gasteiger partial charge on any atom is 0.220 e. The van der Waals surface area contributed by atoms with Gasteiger partial charge in [-0.1, -0.05) is 20.8 Å². The zero-order chi connectivity index (χ0) is 13.4. The van der Waals surface area contributed by atoms with Crippen LogP contribution >= 0.6 is 11.3 Å². The van der Waals surface area contributed by atoms with Crippen LogP contribution < -0.4 is 10.6 Å². The van der Waals surface area contributed by atoms with E-state index in [2.05, 4.69) is 36.4 Å². The molecule has 5 heteroatoms. The van der Waals surface area contributed by atoms with Gasteiger partial charge in [0.05, 0.1) is 6.04 Å². The standard InChI is InChI=1S/C13H23N3OS/c1-4-11(13-15-8-9-18-13)16-12(17)6-5-7-14-10(2)3/h8-11,14H,4-7H2,1-3H3,(H,16,17). The molecule has 0 fully saturated rings. The molecule has 0 saturated heterocycles. The molecule has 0 bridgehead atoms. The number of thiazole rings is 1. The summed E-state index contributed by atoms with van der Waals surface area (Å²) in [6.45, 7) is 7.16. The van der Waals surface area contributed by atoms with E-state index in [-0.39, 0.29) is 11.9 Å². The Hall–Kier alpha value is -0.940. The molecule has 102 valence electrons. The first-order valence-corrected chi connectivity index (χ1v) is 7.43. The molecule has 1 heterocycles. The minimum absolute atomic E-state index is 0.0653. The van der Waals surface area contributed by atoms with Crippen LogP contribution in [0.1, 0.15) is 51.1 Å². The molecule has 1 amide bonds. The highest BCUT2D eigenvalue weighted by Gasteiger charge is 2.14. The first-order chi connectivity index (χ1) is 8.63. The van der Waals surface area contributed by atoms with Gasteiger partial charge < -0.3 is 10.6 Å². The Balaban J connectivity index is 2.26. The molecule has 1 rings (SSSR count). The highest BCUT2D eigenvalue weighted by Crippen LogP contribution is 2.18. The van der Waals surface area contributed by atoms with Crippen LogP contribution in [0.5, 0.6) is 0 Å². The van der Waals surface area contributed by atoms with Gasteiger partial charge in [-0.3, -0.25) is 4.79 Å². The Morgan fingerprint density at radius 2 is 2.28 bits per heavy atom. The summed E-state index contributed by atoms with van der Waals surface area (Å²) in [6.07, 6.45) is 4.10. The highest BCUT2D eigenvalue weighted by atomic mass is 32.1. The first kappa shape index (κ1) is 15.1. The molecule has 0 aliphatic heterocycles. The maximum atomic E-state index is 11.8. The summed E-state index contributed by atoms with van der Waals surface area (Å²) in [4.78, 5) is 16.0. The summed E-state index contributed by atoms with van der Waals surface area (Å²) >= 11 is 1.59. The van der Waals surface area contributed by atoms with Gasteiger partial charge in [0.15, 0.2) is 0 Å². The average Bonchev–Trinajstić information content (AvgIpc) is 2.85. The quantitative estimate of drug-likeness (QED) is 0.713. The minimum Gasteiger partial charge on any atom is -0.347 e. The second kappa shape index (κ2) is 8.21. The van der Waals surface area contributed by atoms with E-state index < -0.39 is 0 Å². The third-order valence-electron chi connectivity index (χ3n) is 2.63. The van der Waals surface area contributed by atoms with Gasteiger partial charge in [0.25, 0.3) is 0 Å². The van der Waals surface area contributed by atoms with Gasteiger partial charge >= 0.3 is 0 Å². The molecule has 1 aromatic rings. The fourth-order valence-electron chi connectivity index (χ4n) is 1.65. The van der Waals surface area contributed by atoms with Crippen molar-refractivity contribution in [1.82, 2.24) is 15.6 Å². The van der Waals surface area contributed by atoms with E-state index in [1.54, 1.807) is 17.5 Å². The lowest BCUT2D eigenvalue weighted by atomic mass is 10.2. The van der Waals surface area contributed by atoms with E-state index in [1.165, 1.54) is 0 Å². The molecule has 18 heavy (non-hydrogen) atoms. The number of amides is 1. The van der Waals surface area contributed by atoms with Crippen molar-refractivity contribution < 1.29 is 4.79 Å². The molecule has 1 aromatic heterocycles. The number of aromatic nitrogens is 1. The summed E-state index contributed by atoms with van der Waals surface area (Å²) in [6, 6.07) is 0.544. The van der Waals surface area contributed by atoms with Crippen molar-refractivity contribution in [2.75, 3.05) is 6.54 Å². The third-order valence-corrected chi connectivity index (χ3v) is 3.52. The number of hydrogen-bond donors (Lipinski definition) is 2. The fourth-order valence-corrected chi connectivity index (χ4v) is 2.42. The van der Waals surface area contributed by atoms with Crippen LogP contribution in [0.3, 0.4) is 0 Å². The lowest BCUT2D eigenvalue weighted by Gasteiger charge is -2.14. The summed E-state index contributed by atoms with van der Waals surface area (Å²) in [5.41, 5.74) is 0. The second-order valence-corrected chi connectivity index (χ2v) is 5.54. The van der Waals surface area contributed by atoms with E-state index in [0.717, 1.165) is 24.4 Å². The molecule has 0 aliphatic rings. The molecule has 1 unspecified atom stereocenters. The van der Waals surface area contributed by atoms with Gasteiger partial charge in [0, 0.05) is 24.0 Å². The van der Waals surface area contributed by atoms with E-state index in [4.69, 9.17) is 0 Å². The van der Waals surface area contributed by atoms with Crippen LogP contribution in [0.15, 0.2) is 11.6 Å². The van der Waals surface area contributed by atoms with Crippen molar-refractivity contribution in [3.63, 3.8) is 0 Å². The predicted molar refractivity (Wildman–Crippen MR) is 75.7 cm³/mol. The van der Waals surface area contributed by atoms with Crippen LogP contribution in [0.25, 0.3) is 0 Å². The normalized spacial score (nSPS) is 12.7. The smallest absolute Gasteiger partial charge is 0.220 e. The fraction of sp³-hybridized carbons (Fsp3) is 0.692. The number of nitrogens with zero attached hydrogens (tertiary/aromatic N) is 1. The molecular formula is C13H23N3OS. The Bertz CT molecular complexity index is 338. The largest absolute Gasteiger partial charge is 0.347 e. The molecule has 4 nitrogen and oxygen atoms in total. The molecule has 0 aromatic carbocycles. The van der Waals surface area contributed by atoms with Crippen molar-refractivity contribution in [2.24, 2.45) is 0 Å². The lowest BCUT2D eigenvalue weighted by Crippen LogP contribution is -2.29. The molecule has 0 aliphatic carbocycles. The molecule has 1 atom stereocenters. The topological polar surface area (TPSA) is 54.0 Å². The monoisotopic (exact) mass is 269 g/mol. The van der Waals surface area contributed by atoms with Crippen molar-refractivity contribution in [2.45, 2.75) is 52.1 Å². The SMILES string of the molecule is CCC(NC(=O)CCCNC(C)C)c1nccs1. The molecule has 0 saturated carbocycles. The first-order valence-electron chi connectivity index (χ1n) is 6.55. The summed E-state index contributed by atoms with van der Waals surface area (Å²) in [5.74, 6) is 0.114. The summed E-state index contributed by atoms with van der Waals surface area (Å²) < 4.78 is 0. The molecular weight excluding hydrogens is 246 g/mol. The van der Waals surface area contributed by atoms with Crippen LogP contribution in [0.4, 0.5) is 0 Å². The van der Waals surface area contributed by atoms with Gasteiger partial charge in [-0.2, -0.15) is 0 Å². The van der Waals surface area contributed by atoms with E-state index >= 15 is 0 Å². The molecule has 2 N–H and O–H groups in total. The van der Waals surface area contributed by atoms with Crippen LogP contribution in [0, 0.1) is 0 Å². The lowest BCUT2D eigenvalue weighted by molar-refractivity contribution is -0.122. The number of carbonyl (C=O) groups is 1. The van der Waals surface area contributed by atoms with Crippen molar-refractivity contribution in [1.29, 1.82) is 0 Å². The zero-order valence-electron chi connectivity index (χ0n) is 11.4. The van der Waals surface area contributed by atoms with Gasteiger partial charge in [-0.05, 0) is 19.4 Å². The molecule has 0 spiro atoms. The summed E-state index contributed by atoms with van der Waals surface area (Å²) in [5, 5.41) is 9.28. The number of rotatable bonds is 8. The van der Waals surface area contributed by atoms with Crippen molar-refractivity contribution in [3.05, 3.63) is 16.6 Å². The van der Waals surface area contributed by atoms with Gasteiger partial charge in [-0.25, -0.2) is 4.98 Å². The van der Waals surface area contributed by atoms with Gasteiger partial charge in [-0.15, -0.1) is 11.3 Å². The van der Waals surface area contributed by atoms with E-state index in [1.807, 2.05) is 5.38 Å². The Morgan fingerprint density at radius 3 is 2.83 bits per heavy atom. The highest BCUT2D eigenvalue weighted by molar-refractivity contribution is 7.09. The van der Waals surface area contributed by atoms with Gasteiger partial charge in [0.1, 0.15) is 5.01 Å². The Morgan fingerprint density at radius 1 is 1.50 bits per heavy atom. The minimum atomic E-state index is 0.0653. The zero-order valence-corrected chi connectivity index (χ0v) is 12.2. The number of carbonyl (C=O) groups excluding carboxylic acids is 1. The number of hydrogen-bond acceptors (Lipinski definition) is 4. The maximum absolute atomic E-state index is 11.8. The van der Waals surface area contributed by atoms with Crippen molar-refractivity contribution >= 4 is 17.2 Å². The van der Waals surface area contributed by atoms with Crippen LogP contribution in [-0.2, 0) is 4.79 Å². The van der Waals surface area contributed by atoms with E-state index in [9.17, 15) is 4.79 Å². The summed E-state index contributed by atoms with van der Waals surface area (Å²) in [7, 11) is 0. The number of nitrogens with one attached hydrogen (secondary N) is 2. The van der Waals surface area contributed by atoms with Gasteiger partial charge in [0.2, 0.25) is 5.91 Å². The average molecular weight is 269 g/mol. The Kier molecular flexibility index (Phi) is 6.90. The molecule has 0 radical (unpaired) electrons. The second-order valence-electron chi connectivity index (χ2n) is 4.61. The van der Waals surface area contributed by atoms with Crippen LogP contribution in [-0.4, -0.2) is 23.5 Å². The Labute approximate surface area is 113 Å². The van der Waals surface area contributed by atoms with Crippen molar-refractivity contribution in [3.8, 4) is 0 Å². The van der Waals surface area contributed by atoms with E-state index in [0.29, 0.717) is 12.5 Å². The predicted octanol–water partition coefficient (Wildman–Crippen LogP) is 2.49.